The Morgan fingerprint density at radius 1 is 0.905 bits per heavy atom. The van der Waals surface area contributed by atoms with Gasteiger partial charge >= 0.3 is 0 Å². The van der Waals surface area contributed by atoms with Crippen LogP contribution in [-0.2, 0) is 10.0 Å². The first-order chi connectivity index (χ1) is 10.0. The molecule has 1 heterocycles. The van der Waals surface area contributed by atoms with E-state index in [4.69, 9.17) is 0 Å². The zero-order valence-electron chi connectivity index (χ0n) is 12.3. The van der Waals surface area contributed by atoms with Crippen LogP contribution in [0.5, 0.6) is 5.75 Å². The summed E-state index contributed by atoms with van der Waals surface area (Å²) in [6, 6.07) is 5.82. The van der Waals surface area contributed by atoms with Crippen LogP contribution >= 0.6 is 0 Å². The summed E-state index contributed by atoms with van der Waals surface area (Å²) in [5, 5.41) is 9.29. The van der Waals surface area contributed by atoms with Crippen LogP contribution in [0, 0.1) is 5.41 Å². The van der Waals surface area contributed by atoms with Crippen molar-refractivity contribution in [1.29, 1.82) is 0 Å². The molecule has 5 heteroatoms. The van der Waals surface area contributed by atoms with Crippen LogP contribution in [0.1, 0.15) is 44.9 Å². The summed E-state index contributed by atoms with van der Waals surface area (Å²) in [6.45, 7) is 1.26. The highest BCUT2D eigenvalue weighted by Gasteiger charge is 2.38. The molecule has 3 rings (SSSR count). The van der Waals surface area contributed by atoms with Gasteiger partial charge in [0.05, 0.1) is 4.90 Å². The maximum Gasteiger partial charge on any atom is 0.243 e. The number of hydrogen-bond acceptors (Lipinski definition) is 3. The SMILES string of the molecule is O=S(=O)(c1ccc(O)cc1)N1CCC2(CCCCC2)CC1. The van der Waals surface area contributed by atoms with E-state index in [2.05, 4.69) is 0 Å². The molecule has 1 N–H and O–H groups in total. The van der Waals surface area contributed by atoms with Crippen LogP contribution < -0.4 is 0 Å². The minimum absolute atomic E-state index is 0.0914. The summed E-state index contributed by atoms with van der Waals surface area (Å²) in [5.74, 6) is 0.0914. The minimum Gasteiger partial charge on any atom is -0.508 e. The molecular weight excluding hydrogens is 286 g/mol. The summed E-state index contributed by atoms with van der Waals surface area (Å²) in [5.41, 5.74) is 0.402. The molecule has 0 aromatic heterocycles. The lowest BCUT2D eigenvalue weighted by Crippen LogP contribution is -2.43. The second-order valence-corrected chi connectivity index (χ2v) is 8.40. The molecule has 1 spiro atoms. The van der Waals surface area contributed by atoms with E-state index >= 15 is 0 Å². The number of aromatic hydroxyl groups is 1. The molecule has 2 aliphatic rings. The van der Waals surface area contributed by atoms with Gasteiger partial charge in [-0.25, -0.2) is 8.42 Å². The zero-order chi connectivity index (χ0) is 14.9. The third-order valence-corrected chi connectivity index (χ3v) is 7.08. The maximum atomic E-state index is 12.6. The molecule has 21 heavy (non-hydrogen) atoms. The van der Waals surface area contributed by atoms with Crippen LogP contribution in [-0.4, -0.2) is 30.9 Å². The van der Waals surface area contributed by atoms with Crippen LogP contribution in [0.4, 0.5) is 0 Å². The van der Waals surface area contributed by atoms with Gasteiger partial charge in [0.25, 0.3) is 0 Å². The van der Waals surface area contributed by atoms with Gasteiger partial charge in [0, 0.05) is 13.1 Å². The van der Waals surface area contributed by atoms with Crippen LogP contribution in [0.25, 0.3) is 0 Å². The lowest BCUT2D eigenvalue weighted by molar-refractivity contribution is 0.102. The fourth-order valence-corrected chi connectivity index (χ4v) is 5.21. The molecule has 0 unspecified atom stereocenters. The molecule has 1 saturated carbocycles. The molecule has 0 bridgehead atoms. The minimum atomic E-state index is -3.41. The van der Waals surface area contributed by atoms with E-state index in [0.717, 1.165) is 12.8 Å². The molecule has 1 aromatic rings. The van der Waals surface area contributed by atoms with Gasteiger partial charge in [-0.15, -0.1) is 0 Å². The third-order valence-electron chi connectivity index (χ3n) is 5.17. The number of benzene rings is 1. The van der Waals surface area contributed by atoms with Crippen molar-refractivity contribution in [2.75, 3.05) is 13.1 Å². The van der Waals surface area contributed by atoms with E-state index in [0.29, 0.717) is 18.5 Å². The molecule has 2 fully saturated rings. The Morgan fingerprint density at radius 2 is 1.48 bits per heavy atom. The lowest BCUT2D eigenvalue weighted by Gasteiger charge is -2.43. The molecule has 1 aliphatic heterocycles. The molecule has 1 aliphatic carbocycles. The van der Waals surface area contributed by atoms with Crippen molar-refractivity contribution in [3.8, 4) is 5.75 Å². The highest BCUT2D eigenvalue weighted by molar-refractivity contribution is 7.89. The van der Waals surface area contributed by atoms with Gasteiger partial charge < -0.3 is 5.11 Å². The predicted molar refractivity (Wildman–Crippen MR) is 81.6 cm³/mol. The van der Waals surface area contributed by atoms with E-state index in [1.54, 1.807) is 4.31 Å². The highest BCUT2D eigenvalue weighted by Crippen LogP contribution is 2.45. The second-order valence-electron chi connectivity index (χ2n) is 6.46. The van der Waals surface area contributed by atoms with Crippen molar-refractivity contribution in [1.82, 2.24) is 4.31 Å². The van der Waals surface area contributed by atoms with Gasteiger partial charge in [0.15, 0.2) is 0 Å². The van der Waals surface area contributed by atoms with E-state index in [1.807, 2.05) is 0 Å². The summed E-state index contributed by atoms with van der Waals surface area (Å²) < 4.78 is 26.8. The summed E-state index contributed by atoms with van der Waals surface area (Å²) >= 11 is 0. The lowest BCUT2D eigenvalue weighted by atomic mass is 9.68. The van der Waals surface area contributed by atoms with Crippen molar-refractivity contribution in [2.45, 2.75) is 49.8 Å². The predicted octanol–water partition coefficient (Wildman–Crippen LogP) is 3.13. The first-order valence-electron chi connectivity index (χ1n) is 7.81. The molecular formula is C16H23NO3S. The molecule has 116 valence electrons. The molecule has 0 atom stereocenters. The average Bonchev–Trinajstić information content (AvgIpc) is 2.49. The van der Waals surface area contributed by atoms with E-state index < -0.39 is 10.0 Å². The van der Waals surface area contributed by atoms with Crippen LogP contribution in [0.15, 0.2) is 29.2 Å². The molecule has 0 amide bonds. The highest BCUT2D eigenvalue weighted by atomic mass is 32.2. The Balaban J connectivity index is 1.72. The standard InChI is InChI=1S/C16H23NO3S/c18-14-4-6-15(7-5-14)21(19,20)17-12-10-16(11-13-17)8-2-1-3-9-16/h4-7,18H,1-3,8-13H2. The maximum absolute atomic E-state index is 12.6. The Morgan fingerprint density at radius 3 is 2.05 bits per heavy atom. The molecule has 0 radical (unpaired) electrons. The Bertz CT molecular complexity index is 578. The van der Waals surface area contributed by atoms with E-state index in [1.165, 1.54) is 56.4 Å². The van der Waals surface area contributed by atoms with Crippen molar-refractivity contribution in [3.63, 3.8) is 0 Å². The van der Waals surface area contributed by atoms with Gasteiger partial charge in [-0.3, -0.25) is 0 Å². The second kappa shape index (κ2) is 5.61. The number of hydrogen-bond donors (Lipinski definition) is 1. The number of sulfonamides is 1. The van der Waals surface area contributed by atoms with E-state index in [9.17, 15) is 13.5 Å². The van der Waals surface area contributed by atoms with Gasteiger partial charge in [-0.1, -0.05) is 19.3 Å². The average molecular weight is 309 g/mol. The molecule has 1 saturated heterocycles. The van der Waals surface area contributed by atoms with Crippen LogP contribution in [0.2, 0.25) is 0 Å². The van der Waals surface area contributed by atoms with Gasteiger partial charge in [0.2, 0.25) is 10.0 Å². The number of piperidine rings is 1. The van der Waals surface area contributed by atoms with Crippen molar-refractivity contribution >= 4 is 10.0 Å². The van der Waals surface area contributed by atoms with Crippen molar-refractivity contribution < 1.29 is 13.5 Å². The smallest absolute Gasteiger partial charge is 0.243 e. The monoisotopic (exact) mass is 309 g/mol. The Labute approximate surface area is 126 Å². The zero-order valence-corrected chi connectivity index (χ0v) is 13.1. The first kappa shape index (κ1) is 14.9. The van der Waals surface area contributed by atoms with Gasteiger partial charge in [-0.05, 0) is 55.4 Å². The van der Waals surface area contributed by atoms with Gasteiger partial charge in [-0.2, -0.15) is 4.31 Å². The molecule has 4 nitrogen and oxygen atoms in total. The van der Waals surface area contributed by atoms with Gasteiger partial charge in [0.1, 0.15) is 5.75 Å². The quantitative estimate of drug-likeness (QED) is 0.913. The largest absolute Gasteiger partial charge is 0.508 e. The topological polar surface area (TPSA) is 57.6 Å². The number of phenolic OH excluding ortho intramolecular Hbond substituents is 1. The summed E-state index contributed by atoms with van der Waals surface area (Å²) in [4.78, 5) is 0.278. The Hall–Kier alpha value is -1.07. The summed E-state index contributed by atoms with van der Waals surface area (Å²) in [6.07, 6.45) is 8.43. The van der Waals surface area contributed by atoms with Crippen LogP contribution in [0.3, 0.4) is 0 Å². The fraction of sp³-hybridized carbons (Fsp3) is 0.625. The van der Waals surface area contributed by atoms with E-state index in [-0.39, 0.29) is 10.6 Å². The number of rotatable bonds is 2. The third kappa shape index (κ3) is 2.94. The fourth-order valence-electron chi connectivity index (χ4n) is 3.77. The molecule has 1 aromatic carbocycles. The first-order valence-corrected chi connectivity index (χ1v) is 9.25. The van der Waals surface area contributed by atoms with Crippen molar-refractivity contribution in [3.05, 3.63) is 24.3 Å². The van der Waals surface area contributed by atoms with Crippen molar-refractivity contribution in [2.24, 2.45) is 5.41 Å². The normalized spacial score (nSPS) is 23.2. The Kier molecular flexibility index (Phi) is 3.97. The number of phenols is 1. The summed E-state index contributed by atoms with van der Waals surface area (Å²) in [7, 11) is -3.41. The number of nitrogens with zero attached hydrogens (tertiary/aromatic N) is 1.